The van der Waals surface area contributed by atoms with Crippen molar-refractivity contribution in [1.29, 1.82) is 0 Å². The van der Waals surface area contributed by atoms with E-state index in [2.05, 4.69) is 20.7 Å². The standard InChI is InChI=1S/C10H10BrNO5/c1-16-9-4-6(12(14)15)3-7(8(9)5-11)10(13)17-2/h3-4H,5H2,1-2H3. The molecule has 0 fully saturated rings. The first-order valence-corrected chi connectivity index (χ1v) is 5.66. The Kier molecular flexibility index (Phi) is 4.45. The van der Waals surface area contributed by atoms with Gasteiger partial charge in [-0.05, 0) is 0 Å². The van der Waals surface area contributed by atoms with Crippen LogP contribution in [-0.4, -0.2) is 25.1 Å². The predicted molar refractivity (Wildman–Crippen MR) is 63.6 cm³/mol. The van der Waals surface area contributed by atoms with Crippen molar-refractivity contribution in [2.75, 3.05) is 14.2 Å². The third-order valence-electron chi connectivity index (χ3n) is 2.16. The zero-order valence-electron chi connectivity index (χ0n) is 9.23. The molecule has 0 N–H and O–H groups in total. The molecule has 1 aromatic carbocycles. The third kappa shape index (κ3) is 2.73. The number of nitrogens with zero attached hydrogens (tertiary/aromatic N) is 1. The number of carbonyl (C=O) groups is 1. The molecular formula is C10H10BrNO5. The van der Waals surface area contributed by atoms with Crippen LogP contribution >= 0.6 is 15.9 Å². The fraction of sp³-hybridized carbons (Fsp3) is 0.300. The normalized spacial score (nSPS) is 9.82. The molecule has 0 unspecified atom stereocenters. The second kappa shape index (κ2) is 5.62. The highest BCUT2D eigenvalue weighted by atomic mass is 79.9. The molecule has 92 valence electrons. The highest BCUT2D eigenvalue weighted by Gasteiger charge is 2.21. The summed E-state index contributed by atoms with van der Waals surface area (Å²) in [6, 6.07) is 2.44. The van der Waals surface area contributed by atoms with Gasteiger partial charge in [0.1, 0.15) is 5.75 Å². The third-order valence-corrected chi connectivity index (χ3v) is 2.72. The Bertz CT molecular complexity index is 460. The van der Waals surface area contributed by atoms with E-state index in [1.165, 1.54) is 26.4 Å². The Balaban J connectivity index is 3.47. The van der Waals surface area contributed by atoms with Crippen LogP contribution in [0.15, 0.2) is 12.1 Å². The van der Waals surface area contributed by atoms with Crippen molar-refractivity contribution in [2.24, 2.45) is 0 Å². The Morgan fingerprint density at radius 1 is 1.47 bits per heavy atom. The average molecular weight is 304 g/mol. The molecule has 17 heavy (non-hydrogen) atoms. The van der Waals surface area contributed by atoms with Crippen molar-refractivity contribution in [3.05, 3.63) is 33.4 Å². The van der Waals surface area contributed by atoms with Crippen molar-refractivity contribution in [3.63, 3.8) is 0 Å². The zero-order chi connectivity index (χ0) is 13.0. The smallest absolute Gasteiger partial charge is 0.338 e. The van der Waals surface area contributed by atoms with E-state index in [-0.39, 0.29) is 17.0 Å². The maximum absolute atomic E-state index is 11.5. The van der Waals surface area contributed by atoms with E-state index in [9.17, 15) is 14.9 Å². The van der Waals surface area contributed by atoms with Gasteiger partial charge in [0.05, 0.1) is 30.8 Å². The van der Waals surface area contributed by atoms with Crippen molar-refractivity contribution in [2.45, 2.75) is 5.33 Å². The van der Waals surface area contributed by atoms with E-state index < -0.39 is 10.9 Å². The first-order valence-electron chi connectivity index (χ1n) is 4.54. The number of ether oxygens (including phenoxy) is 2. The minimum atomic E-state index is -0.638. The highest BCUT2D eigenvalue weighted by molar-refractivity contribution is 9.08. The number of benzene rings is 1. The summed E-state index contributed by atoms with van der Waals surface area (Å²) in [5.41, 5.74) is 0.423. The summed E-state index contributed by atoms with van der Waals surface area (Å²) in [7, 11) is 2.60. The van der Waals surface area contributed by atoms with Crippen LogP contribution in [0, 0.1) is 10.1 Å². The molecule has 0 amide bonds. The molecule has 0 spiro atoms. The lowest BCUT2D eigenvalue weighted by molar-refractivity contribution is -0.385. The number of methoxy groups -OCH3 is 2. The maximum atomic E-state index is 11.5. The molecular weight excluding hydrogens is 294 g/mol. The first kappa shape index (κ1) is 13.4. The van der Waals surface area contributed by atoms with Gasteiger partial charge in [0, 0.05) is 17.0 Å². The molecule has 1 aromatic rings. The molecule has 0 aliphatic rings. The molecule has 6 nitrogen and oxygen atoms in total. The summed E-state index contributed by atoms with van der Waals surface area (Å²) >= 11 is 3.20. The minimum Gasteiger partial charge on any atom is -0.496 e. The number of nitro groups is 1. The molecule has 0 atom stereocenters. The summed E-state index contributed by atoms with van der Waals surface area (Å²) < 4.78 is 9.60. The second-order valence-electron chi connectivity index (χ2n) is 3.06. The molecule has 0 aliphatic heterocycles. The van der Waals surface area contributed by atoms with Gasteiger partial charge in [-0.15, -0.1) is 0 Å². The largest absolute Gasteiger partial charge is 0.496 e. The molecule has 0 aromatic heterocycles. The maximum Gasteiger partial charge on any atom is 0.338 e. The average Bonchev–Trinajstić information content (AvgIpc) is 2.35. The Morgan fingerprint density at radius 2 is 2.12 bits per heavy atom. The Labute approximate surface area is 106 Å². The molecule has 0 radical (unpaired) electrons. The van der Waals surface area contributed by atoms with Crippen LogP contribution in [0.1, 0.15) is 15.9 Å². The lowest BCUT2D eigenvalue weighted by Crippen LogP contribution is -2.07. The van der Waals surface area contributed by atoms with Gasteiger partial charge in [0.15, 0.2) is 0 Å². The van der Waals surface area contributed by atoms with Crippen molar-refractivity contribution in [1.82, 2.24) is 0 Å². The van der Waals surface area contributed by atoms with Gasteiger partial charge in [-0.25, -0.2) is 4.79 Å². The number of carbonyl (C=O) groups excluding carboxylic acids is 1. The molecule has 0 bridgehead atoms. The van der Waals surface area contributed by atoms with Crippen molar-refractivity contribution < 1.29 is 19.2 Å². The lowest BCUT2D eigenvalue weighted by atomic mass is 10.1. The Hall–Kier alpha value is -1.63. The number of hydrogen-bond acceptors (Lipinski definition) is 5. The van der Waals surface area contributed by atoms with E-state index in [0.29, 0.717) is 10.9 Å². The monoisotopic (exact) mass is 303 g/mol. The summed E-state index contributed by atoms with van der Waals surface area (Å²) in [5, 5.41) is 11.0. The summed E-state index contributed by atoms with van der Waals surface area (Å²) in [6.07, 6.45) is 0. The van der Waals surface area contributed by atoms with Crippen LogP contribution in [0.4, 0.5) is 5.69 Å². The second-order valence-corrected chi connectivity index (χ2v) is 3.62. The quantitative estimate of drug-likeness (QED) is 0.369. The molecule has 0 heterocycles. The molecule has 1 rings (SSSR count). The fourth-order valence-electron chi connectivity index (χ4n) is 1.35. The highest BCUT2D eigenvalue weighted by Crippen LogP contribution is 2.30. The molecule has 0 aliphatic carbocycles. The van der Waals surface area contributed by atoms with Crippen LogP contribution in [0.3, 0.4) is 0 Å². The SMILES string of the molecule is COC(=O)c1cc([N+](=O)[O-])cc(OC)c1CBr. The van der Waals surface area contributed by atoms with E-state index >= 15 is 0 Å². The van der Waals surface area contributed by atoms with E-state index in [4.69, 9.17) is 4.74 Å². The lowest BCUT2D eigenvalue weighted by Gasteiger charge is -2.10. The predicted octanol–water partition coefficient (Wildman–Crippen LogP) is 2.28. The summed E-state index contributed by atoms with van der Waals surface area (Å²) in [5.74, 6) is -0.363. The van der Waals surface area contributed by atoms with Gasteiger partial charge in [0.2, 0.25) is 0 Å². The number of nitro benzene ring substituents is 1. The minimum absolute atomic E-state index is 0.121. The number of halogens is 1. The number of esters is 1. The number of non-ortho nitro benzene ring substituents is 1. The van der Waals surface area contributed by atoms with Gasteiger partial charge in [0.25, 0.3) is 5.69 Å². The number of rotatable bonds is 4. The van der Waals surface area contributed by atoms with Crippen molar-refractivity contribution >= 4 is 27.6 Å². The van der Waals surface area contributed by atoms with Gasteiger partial charge in [-0.3, -0.25) is 10.1 Å². The van der Waals surface area contributed by atoms with Crippen LogP contribution in [0.2, 0.25) is 0 Å². The van der Waals surface area contributed by atoms with Gasteiger partial charge < -0.3 is 9.47 Å². The Morgan fingerprint density at radius 3 is 2.53 bits per heavy atom. The zero-order valence-corrected chi connectivity index (χ0v) is 10.8. The summed E-state index contributed by atoms with van der Waals surface area (Å²) in [4.78, 5) is 21.6. The topological polar surface area (TPSA) is 78.7 Å². The van der Waals surface area contributed by atoms with Crippen LogP contribution in [0.25, 0.3) is 0 Å². The van der Waals surface area contributed by atoms with E-state index in [0.717, 1.165) is 0 Å². The van der Waals surface area contributed by atoms with Crippen LogP contribution < -0.4 is 4.74 Å². The van der Waals surface area contributed by atoms with Gasteiger partial charge in [-0.1, -0.05) is 15.9 Å². The number of alkyl halides is 1. The van der Waals surface area contributed by atoms with E-state index in [1.54, 1.807) is 0 Å². The first-order chi connectivity index (χ1) is 8.04. The fourth-order valence-corrected chi connectivity index (χ4v) is 1.93. The van der Waals surface area contributed by atoms with Crippen LogP contribution in [-0.2, 0) is 10.1 Å². The van der Waals surface area contributed by atoms with Crippen LogP contribution in [0.5, 0.6) is 5.75 Å². The molecule has 7 heteroatoms. The summed E-state index contributed by atoms with van der Waals surface area (Å²) in [6.45, 7) is 0. The number of hydrogen-bond donors (Lipinski definition) is 0. The van der Waals surface area contributed by atoms with Crippen molar-refractivity contribution in [3.8, 4) is 5.75 Å². The van der Waals surface area contributed by atoms with Gasteiger partial charge >= 0.3 is 5.97 Å². The van der Waals surface area contributed by atoms with E-state index in [1.807, 2.05) is 0 Å². The van der Waals surface area contributed by atoms with Gasteiger partial charge in [-0.2, -0.15) is 0 Å². The molecule has 0 saturated heterocycles. The molecule has 0 saturated carbocycles.